The van der Waals surface area contributed by atoms with Gasteiger partial charge in [-0.1, -0.05) is 0 Å². The number of imidazole rings is 1. The molecule has 0 aliphatic rings. The van der Waals surface area contributed by atoms with Crippen molar-refractivity contribution in [3.8, 4) is 0 Å². The predicted octanol–water partition coefficient (Wildman–Crippen LogP) is 2.32. The summed E-state index contributed by atoms with van der Waals surface area (Å²) in [7, 11) is 0. The van der Waals surface area contributed by atoms with Crippen molar-refractivity contribution in [3.05, 3.63) is 24.2 Å². The summed E-state index contributed by atoms with van der Waals surface area (Å²) < 4.78 is 2.15. The van der Waals surface area contributed by atoms with Gasteiger partial charge in [-0.3, -0.25) is 0 Å². The fourth-order valence-corrected chi connectivity index (χ4v) is 1.66. The van der Waals surface area contributed by atoms with Gasteiger partial charge in [-0.25, -0.2) is 9.97 Å². The van der Waals surface area contributed by atoms with Gasteiger partial charge < -0.3 is 4.57 Å². The van der Waals surface area contributed by atoms with Crippen LogP contribution in [0.2, 0.25) is 0 Å². The zero-order valence-electron chi connectivity index (χ0n) is 8.15. The van der Waals surface area contributed by atoms with Crippen LogP contribution in [0.5, 0.6) is 0 Å². The number of hydrogen-bond acceptors (Lipinski definition) is 2. The molecule has 0 aliphatic carbocycles. The van der Waals surface area contributed by atoms with Gasteiger partial charge in [-0.05, 0) is 32.9 Å². The zero-order chi connectivity index (χ0) is 9.42. The molecule has 0 radical (unpaired) electrons. The van der Waals surface area contributed by atoms with Crippen LogP contribution >= 0.6 is 0 Å². The normalized spacial score (nSPS) is 11.4. The summed E-state index contributed by atoms with van der Waals surface area (Å²) >= 11 is 0. The average molecular weight is 175 g/mol. The van der Waals surface area contributed by atoms with E-state index in [1.807, 2.05) is 25.3 Å². The summed E-state index contributed by atoms with van der Waals surface area (Å²) in [6, 6.07) is 4.33. The van der Waals surface area contributed by atoms with Crippen LogP contribution in [0.15, 0.2) is 18.3 Å². The third kappa shape index (κ3) is 1.20. The maximum atomic E-state index is 4.43. The number of fused-ring (bicyclic) bond motifs is 1. The third-order valence-corrected chi connectivity index (χ3v) is 2.14. The molecule has 0 bridgehead atoms. The number of rotatable bonds is 1. The molecule has 2 rings (SSSR count). The molecule has 0 aromatic carbocycles. The SMILES string of the molecule is Cc1nc2cccnc2n1C(C)C. The molecule has 68 valence electrons. The Kier molecular flexibility index (Phi) is 1.79. The molecule has 0 unspecified atom stereocenters. The van der Waals surface area contributed by atoms with Crippen LogP contribution in [0.3, 0.4) is 0 Å². The fraction of sp³-hybridized carbons (Fsp3) is 0.400. The number of nitrogens with zero attached hydrogens (tertiary/aromatic N) is 3. The molecular weight excluding hydrogens is 162 g/mol. The lowest BCUT2D eigenvalue weighted by Gasteiger charge is -2.09. The van der Waals surface area contributed by atoms with Crippen LogP contribution < -0.4 is 0 Å². The highest BCUT2D eigenvalue weighted by atomic mass is 15.1. The van der Waals surface area contributed by atoms with Crippen LogP contribution in [0, 0.1) is 6.92 Å². The summed E-state index contributed by atoms with van der Waals surface area (Å²) in [4.78, 5) is 8.76. The van der Waals surface area contributed by atoms with E-state index in [1.165, 1.54) is 0 Å². The van der Waals surface area contributed by atoms with E-state index in [1.54, 1.807) is 0 Å². The quantitative estimate of drug-likeness (QED) is 0.666. The van der Waals surface area contributed by atoms with Crippen molar-refractivity contribution in [2.75, 3.05) is 0 Å². The molecule has 0 aliphatic heterocycles. The molecule has 3 heteroatoms. The van der Waals surface area contributed by atoms with Crippen molar-refractivity contribution in [3.63, 3.8) is 0 Å². The molecule has 0 atom stereocenters. The lowest BCUT2D eigenvalue weighted by molar-refractivity contribution is 0.595. The highest BCUT2D eigenvalue weighted by Crippen LogP contribution is 2.17. The molecule has 0 spiro atoms. The van der Waals surface area contributed by atoms with Gasteiger partial charge in [0.15, 0.2) is 5.65 Å². The first-order valence-electron chi connectivity index (χ1n) is 4.49. The standard InChI is InChI=1S/C10H13N3/c1-7(2)13-8(3)12-9-5-4-6-11-10(9)13/h4-7H,1-3H3. The Balaban J connectivity index is 2.78. The van der Waals surface area contributed by atoms with Gasteiger partial charge in [0.05, 0.1) is 0 Å². The Morgan fingerprint density at radius 2 is 2.15 bits per heavy atom. The monoisotopic (exact) mass is 175 g/mol. The summed E-state index contributed by atoms with van der Waals surface area (Å²) in [5.74, 6) is 1.03. The molecule has 0 N–H and O–H groups in total. The Morgan fingerprint density at radius 1 is 1.38 bits per heavy atom. The van der Waals surface area contributed by atoms with Gasteiger partial charge in [-0.15, -0.1) is 0 Å². The topological polar surface area (TPSA) is 30.7 Å². The van der Waals surface area contributed by atoms with Gasteiger partial charge in [0.25, 0.3) is 0 Å². The van der Waals surface area contributed by atoms with Crippen molar-refractivity contribution < 1.29 is 0 Å². The largest absolute Gasteiger partial charge is 0.310 e. The smallest absolute Gasteiger partial charge is 0.160 e. The summed E-state index contributed by atoms with van der Waals surface area (Å²) in [5, 5.41) is 0. The van der Waals surface area contributed by atoms with Gasteiger partial charge in [0, 0.05) is 12.2 Å². The molecule has 3 nitrogen and oxygen atoms in total. The molecule has 2 aromatic heterocycles. The highest BCUT2D eigenvalue weighted by molar-refractivity contribution is 5.71. The first-order chi connectivity index (χ1) is 6.20. The summed E-state index contributed by atoms with van der Waals surface area (Å²) in [6.07, 6.45) is 1.81. The van der Waals surface area contributed by atoms with E-state index in [0.717, 1.165) is 17.0 Å². The van der Waals surface area contributed by atoms with E-state index in [2.05, 4.69) is 28.4 Å². The maximum absolute atomic E-state index is 4.43. The lowest BCUT2D eigenvalue weighted by Crippen LogP contribution is -2.03. The first-order valence-corrected chi connectivity index (χ1v) is 4.49. The molecule has 0 fully saturated rings. The van der Waals surface area contributed by atoms with E-state index in [0.29, 0.717) is 6.04 Å². The van der Waals surface area contributed by atoms with Crippen molar-refractivity contribution in [1.82, 2.24) is 14.5 Å². The van der Waals surface area contributed by atoms with Crippen molar-refractivity contribution in [2.24, 2.45) is 0 Å². The highest BCUT2D eigenvalue weighted by Gasteiger charge is 2.09. The molecule has 0 saturated heterocycles. The second-order valence-electron chi connectivity index (χ2n) is 3.47. The average Bonchev–Trinajstić information content (AvgIpc) is 2.39. The predicted molar refractivity (Wildman–Crippen MR) is 52.7 cm³/mol. The van der Waals surface area contributed by atoms with Crippen molar-refractivity contribution in [1.29, 1.82) is 0 Å². The fourth-order valence-electron chi connectivity index (χ4n) is 1.66. The van der Waals surface area contributed by atoms with Gasteiger partial charge in [0.2, 0.25) is 0 Å². The summed E-state index contributed by atoms with van der Waals surface area (Å²) in [5.41, 5.74) is 1.96. The zero-order valence-corrected chi connectivity index (χ0v) is 8.15. The van der Waals surface area contributed by atoms with Crippen LogP contribution in [0.4, 0.5) is 0 Å². The molecule has 2 heterocycles. The number of aryl methyl sites for hydroxylation is 1. The van der Waals surface area contributed by atoms with Gasteiger partial charge >= 0.3 is 0 Å². The van der Waals surface area contributed by atoms with E-state index < -0.39 is 0 Å². The van der Waals surface area contributed by atoms with Gasteiger partial charge in [0.1, 0.15) is 11.3 Å². The molecule has 0 amide bonds. The Hall–Kier alpha value is -1.38. The molecule has 0 saturated carbocycles. The van der Waals surface area contributed by atoms with Gasteiger partial charge in [-0.2, -0.15) is 0 Å². The minimum absolute atomic E-state index is 0.417. The van der Waals surface area contributed by atoms with Crippen LogP contribution in [-0.4, -0.2) is 14.5 Å². The van der Waals surface area contributed by atoms with Crippen LogP contribution in [0.1, 0.15) is 25.7 Å². The van der Waals surface area contributed by atoms with E-state index in [-0.39, 0.29) is 0 Å². The summed E-state index contributed by atoms with van der Waals surface area (Å²) in [6.45, 7) is 6.30. The Bertz CT molecular complexity index is 429. The minimum atomic E-state index is 0.417. The molecule has 13 heavy (non-hydrogen) atoms. The number of aromatic nitrogens is 3. The number of pyridine rings is 1. The second-order valence-corrected chi connectivity index (χ2v) is 3.47. The van der Waals surface area contributed by atoms with E-state index in [4.69, 9.17) is 0 Å². The van der Waals surface area contributed by atoms with E-state index in [9.17, 15) is 0 Å². The van der Waals surface area contributed by atoms with E-state index >= 15 is 0 Å². The van der Waals surface area contributed by atoms with Crippen molar-refractivity contribution in [2.45, 2.75) is 26.8 Å². The minimum Gasteiger partial charge on any atom is -0.310 e. The Morgan fingerprint density at radius 3 is 2.85 bits per heavy atom. The van der Waals surface area contributed by atoms with Crippen LogP contribution in [-0.2, 0) is 0 Å². The third-order valence-electron chi connectivity index (χ3n) is 2.14. The lowest BCUT2D eigenvalue weighted by atomic mass is 10.3. The van der Waals surface area contributed by atoms with Crippen LogP contribution in [0.25, 0.3) is 11.2 Å². The molecule has 2 aromatic rings. The number of hydrogen-bond donors (Lipinski definition) is 0. The second kappa shape index (κ2) is 2.83. The van der Waals surface area contributed by atoms with Crippen molar-refractivity contribution >= 4 is 11.2 Å². The Labute approximate surface area is 77.4 Å². The maximum Gasteiger partial charge on any atom is 0.160 e. The first kappa shape index (κ1) is 8.23. The molecular formula is C10H13N3.